The molecular formula is C25H35NS2. The molecule has 0 aromatic carbocycles. The molecule has 0 aliphatic carbocycles. The zero-order valence-electron chi connectivity index (χ0n) is 18.1. The summed E-state index contributed by atoms with van der Waals surface area (Å²) in [4.78, 5) is 5.58. The second-order valence-electron chi connectivity index (χ2n) is 7.78. The number of hydrogen-bond acceptors (Lipinski definition) is 3. The van der Waals surface area contributed by atoms with E-state index < -0.39 is 0 Å². The van der Waals surface area contributed by atoms with Crippen molar-refractivity contribution in [3.05, 3.63) is 38.6 Å². The number of aryl methyl sites for hydroxylation is 3. The molecule has 0 fully saturated rings. The van der Waals surface area contributed by atoms with E-state index in [0.717, 1.165) is 12.0 Å². The molecule has 3 heteroatoms. The maximum absolute atomic E-state index is 9.17. The van der Waals surface area contributed by atoms with Gasteiger partial charge in [0.1, 0.15) is 0 Å². The Morgan fingerprint density at radius 1 is 0.893 bits per heavy atom. The van der Waals surface area contributed by atoms with Gasteiger partial charge in [-0.1, -0.05) is 52.4 Å². The van der Waals surface area contributed by atoms with Crippen molar-refractivity contribution in [1.82, 2.24) is 0 Å². The number of rotatable bonds is 12. The van der Waals surface area contributed by atoms with E-state index in [1.165, 1.54) is 88.4 Å². The molecule has 0 bridgehead atoms. The van der Waals surface area contributed by atoms with E-state index in [1.807, 2.05) is 35.7 Å². The average Bonchev–Trinajstić information content (AvgIpc) is 3.25. The first-order valence-electron chi connectivity index (χ1n) is 10.9. The lowest BCUT2D eigenvalue weighted by Gasteiger charge is -2.06. The van der Waals surface area contributed by atoms with Crippen molar-refractivity contribution in [2.45, 2.75) is 91.9 Å². The minimum atomic E-state index is 0.785. The van der Waals surface area contributed by atoms with Crippen LogP contribution in [0.3, 0.4) is 0 Å². The molecule has 0 aliphatic rings. The number of allylic oxidation sites excluding steroid dienone is 1. The topological polar surface area (TPSA) is 23.8 Å². The second-order valence-corrected chi connectivity index (χ2v) is 10.1. The van der Waals surface area contributed by atoms with E-state index in [0.29, 0.717) is 0 Å². The lowest BCUT2D eigenvalue weighted by Crippen LogP contribution is -1.89. The van der Waals surface area contributed by atoms with Gasteiger partial charge >= 0.3 is 0 Å². The van der Waals surface area contributed by atoms with Crippen LogP contribution in [0.15, 0.2) is 17.7 Å². The average molecular weight is 414 g/mol. The third-order valence-electron chi connectivity index (χ3n) is 5.10. The van der Waals surface area contributed by atoms with Gasteiger partial charge < -0.3 is 0 Å². The van der Waals surface area contributed by atoms with Gasteiger partial charge in [0, 0.05) is 25.1 Å². The van der Waals surface area contributed by atoms with Crippen molar-refractivity contribution >= 4 is 28.7 Å². The summed E-state index contributed by atoms with van der Waals surface area (Å²) in [6.45, 7) is 8.67. The summed E-state index contributed by atoms with van der Waals surface area (Å²) in [5.74, 6) is 0. The third kappa shape index (κ3) is 6.90. The summed E-state index contributed by atoms with van der Waals surface area (Å²) in [5.41, 5.74) is 3.80. The van der Waals surface area contributed by atoms with Gasteiger partial charge in [0.25, 0.3) is 0 Å². The summed E-state index contributed by atoms with van der Waals surface area (Å²) in [7, 11) is 0. The maximum atomic E-state index is 9.17. The molecule has 152 valence electrons. The van der Waals surface area contributed by atoms with Crippen LogP contribution in [0, 0.1) is 18.3 Å². The van der Waals surface area contributed by atoms with Gasteiger partial charge in [0.05, 0.1) is 6.07 Å². The van der Waals surface area contributed by atoms with Crippen molar-refractivity contribution < 1.29 is 0 Å². The normalized spacial score (nSPS) is 11.8. The highest BCUT2D eigenvalue weighted by Gasteiger charge is 2.16. The van der Waals surface area contributed by atoms with Crippen LogP contribution in [-0.2, 0) is 12.8 Å². The van der Waals surface area contributed by atoms with Crippen LogP contribution >= 0.6 is 22.7 Å². The second kappa shape index (κ2) is 12.2. The molecule has 2 aromatic heterocycles. The van der Waals surface area contributed by atoms with Crippen molar-refractivity contribution in [2.75, 3.05) is 0 Å². The van der Waals surface area contributed by atoms with Crippen LogP contribution < -0.4 is 0 Å². The predicted molar refractivity (Wildman–Crippen MR) is 127 cm³/mol. The molecule has 0 saturated heterocycles. The first-order valence-corrected chi connectivity index (χ1v) is 12.5. The Balaban J connectivity index is 2.30. The molecule has 2 rings (SSSR count). The van der Waals surface area contributed by atoms with Crippen LogP contribution in [0.2, 0.25) is 0 Å². The van der Waals surface area contributed by atoms with Crippen LogP contribution in [-0.4, -0.2) is 0 Å². The van der Waals surface area contributed by atoms with Crippen molar-refractivity contribution in [3.63, 3.8) is 0 Å². The summed E-state index contributed by atoms with van der Waals surface area (Å²) in [5, 5.41) is 9.17. The molecule has 0 spiro atoms. The van der Waals surface area contributed by atoms with Crippen molar-refractivity contribution in [3.8, 4) is 15.8 Å². The van der Waals surface area contributed by atoms with Gasteiger partial charge in [-0.25, -0.2) is 0 Å². The van der Waals surface area contributed by atoms with E-state index in [2.05, 4.69) is 39.0 Å². The molecular weight excluding hydrogens is 378 g/mol. The van der Waals surface area contributed by atoms with E-state index in [4.69, 9.17) is 5.26 Å². The summed E-state index contributed by atoms with van der Waals surface area (Å²) in [6, 6.07) is 7.01. The molecule has 0 atom stereocenters. The van der Waals surface area contributed by atoms with E-state index in [-0.39, 0.29) is 0 Å². The summed E-state index contributed by atoms with van der Waals surface area (Å²) >= 11 is 3.83. The minimum Gasteiger partial charge on any atom is -0.193 e. The smallest absolute Gasteiger partial charge is 0.0944 e. The Morgan fingerprint density at radius 3 is 2.04 bits per heavy atom. The van der Waals surface area contributed by atoms with E-state index in [1.54, 1.807) is 0 Å². The molecule has 0 saturated carbocycles. The summed E-state index contributed by atoms with van der Waals surface area (Å²) in [6.07, 6.45) is 14.8. The lowest BCUT2D eigenvalue weighted by molar-refractivity contribution is 0.666. The maximum Gasteiger partial charge on any atom is 0.0944 e. The van der Waals surface area contributed by atoms with Crippen molar-refractivity contribution in [2.24, 2.45) is 0 Å². The number of nitrogens with zero attached hydrogens (tertiary/aromatic N) is 1. The lowest BCUT2D eigenvalue weighted by atomic mass is 10.0. The molecule has 0 radical (unpaired) electrons. The van der Waals surface area contributed by atoms with E-state index >= 15 is 0 Å². The van der Waals surface area contributed by atoms with Gasteiger partial charge in [-0.15, -0.1) is 22.7 Å². The molecule has 0 unspecified atom stereocenters. The van der Waals surface area contributed by atoms with Gasteiger partial charge in [0.15, 0.2) is 0 Å². The number of thiophene rings is 2. The zero-order chi connectivity index (χ0) is 20.4. The molecule has 0 aliphatic heterocycles. The minimum absolute atomic E-state index is 0.785. The first-order chi connectivity index (χ1) is 13.6. The Bertz CT molecular complexity index is 801. The van der Waals surface area contributed by atoms with Gasteiger partial charge in [0.2, 0.25) is 0 Å². The number of nitriles is 1. The zero-order valence-corrected chi connectivity index (χ0v) is 19.7. The summed E-state index contributed by atoms with van der Waals surface area (Å²) < 4.78 is 0. The van der Waals surface area contributed by atoms with Crippen LogP contribution in [0.5, 0.6) is 0 Å². The number of hydrogen-bond donors (Lipinski definition) is 0. The number of unbranched alkanes of at least 4 members (excludes halogenated alkanes) is 6. The molecule has 1 nitrogen and oxygen atoms in total. The third-order valence-corrected chi connectivity index (χ3v) is 7.48. The van der Waals surface area contributed by atoms with Gasteiger partial charge in [-0.05, 0) is 68.9 Å². The molecule has 0 N–H and O–H groups in total. The fraction of sp³-hybridized carbons (Fsp3) is 0.560. The molecule has 2 aromatic rings. The van der Waals surface area contributed by atoms with Crippen LogP contribution in [0.25, 0.3) is 15.8 Å². The fourth-order valence-electron chi connectivity index (χ4n) is 3.57. The van der Waals surface area contributed by atoms with Crippen molar-refractivity contribution in [1.29, 1.82) is 5.26 Å². The highest BCUT2D eigenvalue weighted by atomic mass is 32.1. The molecule has 2 heterocycles. The Labute approximate surface area is 180 Å². The highest BCUT2D eigenvalue weighted by molar-refractivity contribution is 7.22. The monoisotopic (exact) mass is 413 g/mol. The van der Waals surface area contributed by atoms with Gasteiger partial charge in [-0.2, -0.15) is 5.26 Å². The Morgan fingerprint density at radius 2 is 1.46 bits per heavy atom. The predicted octanol–water partition coefficient (Wildman–Crippen LogP) is 8.96. The van der Waals surface area contributed by atoms with Gasteiger partial charge in [-0.3, -0.25) is 0 Å². The largest absolute Gasteiger partial charge is 0.193 e. The fourth-order valence-corrected chi connectivity index (χ4v) is 6.05. The van der Waals surface area contributed by atoms with Crippen LogP contribution in [0.4, 0.5) is 0 Å². The Hall–Kier alpha value is -1.37. The van der Waals surface area contributed by atoms with E-state index in [9.17, 15) is 0 Å². The molecule has 28 heavy (non-hydrogen) atoms. The quantitative estimate of drug-likeness (QED) is 0.251. The first kappa shape index (κ1) is 22.9. The Kier molecular flexibility index (Phi) is 10.0. The molecule has 0 amide bonds. The highest BCUT2D eigenvalue weighted by Crippen LogP contribution is 2.41. The standard InChI is InChI=1S/C25H35NS2/c1-5-7-9-11-13-21-16-20(4)27-24(21)25-22(14-12-10-8-6-2)17-23(28-25)15-19(3)18-26/h15-17H,5-14H2,1-4H3. The SMILES string of the molecule is CCCCCCc1cc(C)sc1-c1sc(C=C(C)C#N)cc1CCCCCC. The van der Waals surface area contributed by atoms with Crippen LogP contribution in [0.1, 0.15) is 93.0 Å².